The van der Waals surface area contributed by atoms with Crippen molar-refractivity contribution in [3.63, 3.8) is 0 Å². The van der Waals surface area contributed by atoms with Crippen LogP contribution in [0.5, 0.6) is 0 Å². The second-order valence-electron chi connectivity index (χ2n) is 2.19. The lowest BCUT2D eigenvalue weighted by Gasteiger charge is -2.22. The summed E-state index contributed by atoms with van der Waals surface area (Å²) in [7, 11) is -0.652. The average Bonchev–Trinajstić information content (AvgIpc) is 1.88. The summed E-state index contributed by atoms with van der Waals surface area (Å²) < 4.78 is 15.5. The highest BCUT2D eigenvalue weighted by Gasteiger charge is 2.45. The van der Waals surface area contributed by atoms with Crippen molar-refractivity contribution in [2.45, 2.75) is 19.4 Å². The zero-order valence-corrected chi connectivity index (χ0v) is 7.90. The molecule has 1 saturated heterocycles. The van der Waals surface area contributed by atoms with E-state index in [0.717, 1.165) is 6.42 Å². The van der Waals surface area contributed by atoms with E-state index in [1.54, 1.807) is 7.11 Å². The smallest absolute Gasteiger partial charge is 0.172 e. The molecule has 0 bridgehead atoms. The van der Waals surface area contributed by atoms with Crippen LogP contribution in [0.4, 0.5) is 0 Å². The van der Waals surface area contributed by atoms with Crippen LogP contribution in [0.3, 0.4) is 0 Å². The molecule has 0 spiro atoms. The Morgan fingerprint density at radius 2 is 2.40 bits per heavy atom. The first-order chi connectivity index (χ1) is 4.66. The minimum absolute atomic E-state index is 0.208. The standard InChI is InChI=1S/C5H12O3PS/c1-5-3-4-7-9(10,6-2)8-5/h5,10H,3-4H2,1-2H3/q+1. The van der Waals surface area contributed by atoms with Crippen LogP contribution in [-0.4, -0.2) is 19.8 Å². The van der Waals surface area contributed by atoms with Crippen LogP contribution in [0.25, 0.3) is 0 Å². The molecule has 1 aliphatic rings. The highest BCUT2D eigenvalue weighted by molar-refractivity contribution is 8.47. The first-order valence-electron chi connectivity index (χ1n) is 3.17. The molecule has 0 aromatic carbocycles. The van der Waals surface area contributed by atoms with Crippen molar-refractivity contribution >= 4 is 19.4 Å². The van der Waals surface area contributed by atoms with Crippen molar-refractivity contribution in [1.82, 2.24) is 0 Å². The van der Waals surface area contributed by atoms with Crippen LogP contribution in [0.1, 0.15) is 13.3 Å². The number of hydrogen-bond donors (Lipinski definition) is 1. The van der Waals surface area contributed by atoms with E-state index in [-0.39, 0.29) is 6.10 Å². The topological polar surface area (TPSA) is 27.7 Å². The minimum Gasteiger partial charge on any atom is -0.172 e. The predicted octanol–water partition coefficient (Wildman–Crippen LogP) is 2.07. The van der Waals surface area contributed by atoms with Crippen LogP contribution < -0.4 is 0 Å². The molecule has 2 atom stereocenters. The molecule has 0 aromatic heterocycles. The maximum Gasteiger partial charge on any atom is 0.478 e. The summed E-state index contributed by atoms with van der Waals surface area (Å²) in [6.07, 6.45) is 1.13. The highest BCUT2D eigenvalue weighted by atomic mass is 32.7. The van der Waals surface area contributed by atoms with Gasteiger partial charge in [-0.25, -0.2) is 0 Å². The van der Waals surface area contributed by atoms with Gasteiger partial charge in [0.15, 0.2) is 0 Å². The largest absolute Gasteiger partial charge is 0.478 e. The van der Waals surface area contributed by atoms with Gasteiger partial charge in [-0.05, 0) is 6.92 Å². The lowest BCUT2D eigenvalue weighted by Crippen LogP contribution is -2.18. The van der Waals surface area contributed by atoms with Gasteiger partial charge >= 0.3 is 7.15 Å². The third-order valence-electron chi connectivity index (χ3n) is 1.32. The lowest BCUT2D eigenvalue weighted by atomic mass is 10.3. The van der Waals surface area contributed by atoms with Crippen LogP contribution >= 0.6 is 19.4 Å². The molecule has 3 nitrogen and oxygen atoms in total. The predicted molar refractivity (Wildman–Crippen MR) is 44.0 cm³/mol. The van der Waals surface area contributed by atoms with Crippen molar-refractivity contribution < 1.29 is 13.6 Å². The first-order valence-corrected chi connectivity index (χ1v) is 5.86. The second kappa shape index (κ2) is 3.37. The molecular weight excluding hydrogens is 171 g/mol. The second-order valence-corrected chi connectivity index (χ2v) is 5.43. The highest BCUT2D eigenvalue weighted by Crippen LogP contribution is 2.68. The van der Waals surface area contributed by atoms with E-state index in [2.05, 4.69) is 12.2 Å². The molecule has 0 aliphatic carbocycles. The molecule has 5 heteroatoms. The fourth-order valence-corrected chi connectivity index (χ4v) is 2.62. The molecule has 0 radical (unpaired) electrons. The van der Waals surface area contributed by atoms with E-state index in [1.807, 2.05) is 6.92 Å². The quantitative estimate of drug-likeness (QED) is 0.498. The molecule has 1 heterocycles. The summed E-state index contributed by atoms with van der Waals surface area (Å²) in [6, 6.07) is 0. The van der Waals surface area contributed by atoms with Gasteiger partial charge in [0, 0.05) is 6.42 Å². The average molecular weight is 183 g/mol. The van der Waals surface area contributed by atoms with Gasteiger partial charge in [0.2, 0.25) is 0 Å². The van der Waals surface area contributed by atoms with Gasteiger partial charge in [0.05, 0.1) is 19.4 Å². The van der Waals surface area contributed by atoms with Crippen LogP contribution in [0.15, 0.2) is 0 Å². The molecule has 0 saturated carbocycles. The molecule has 10 heavy (non-hydrogen) atoms. The zero-order valence-electron chi connectivity index (χ0n) is 6.11. The molecular formula is C5H12O3PS+. The van der Waals surface area contributed by atoms with E-state index >= 15 is 0 Å². The summed E-state index contributed by atoms with van der Waals surface area (Å²) >= 11 is 4.15. The number of thiol groups is 1. The Morgan fingerprint density at radius 1 is 1.70 bits per heavy atom. The Bertz CT molecular complexity index is 123. The summed E-state index contributed by atoms with van der Waals surface area (Å²) in [4.78, 5) is 0. The van der Waals surface area contributed by atoms with Crippen molar-refractivity contribution in [2.75, 3.05) is 13.7 Å². The lowest BCUT2D eigenvalue weighted by molar-refractivity contribution is 0.0754. The third-order valence-corrected chi connectivity index (χ3v) is 4.04. The fourth-order valence-electron chi connectivity index (χ4n) is 0.740. The molecule has 1 aliphatic heterocycles. The molecule has 2 unspecified atom stereocenters. The Morgan fingerprint density at radius 3 is 2.80 bits per heavy atom. The Hall–Kier alpha value is 0.660. The fraction of sp³-hybridized carbons (Fsp3) is 1.00. The van der Waals surface area contributed by atoms with Crippen LogP contribution in [-0.2, 0) is 13.6 Å². The maximum atomic E-state index is 5.35. The van der Waals surface area contributed by atoms with Crippen molar-refractivity contribution in [1.29, 1.82) is 0 Å². The van der Waals surface area contributed by atoms with E-state index in [4.69, 9.17) is 13.6 Å². The molecule has 0 N–H and O–H groups in total. The van der Waals surface area contributed by atoms with Crippen LogP contribution in [0.2, 0.25) is 0 Å². The van der Waals surface area contributed by atoms with Gasteiger partial charge < -0.3 is 0 Å². The van der Waals surface area contributed by atoms with Gasteiger partial charge in [-0.1, -0.05) is 0 Å². The zero-order chi connectivity index (χ0) is 7.61. The number of rotatable bonds is 1. The third kappa shape index (κ3) is 2.07. The van der Waals surface area contributed by atoms with Crippen molar-refractivity contribution in [3.05, 3.63) is 0 Å². The Balaban J connectivity index is 2.45. The van der Waals surface area contributed by atoms with Crippen molar-refractivity contribution in [2.24, 2.45) is 0 Å². The van der Waals surface area contributed by atoms with Gasteiger partial charge in [-0.15, -0.1) is 0 Å². The summed E-state index contributed by atoms with van der Waals surface area (Å²) in [5, 5.41) is 0. The van der Waals surface area contributed by atoms with E-state index < -0.39 is 7.15 Å². The Kier molecular flexibility index (Phi) is 2.95. The Labute approximate surface area is 66.8 Å². The van der Waals surface area contributed by atoms with Crippen molar-refractivity contribution in [3.8, 4) is 0 Å². The molecule has 60 valence electrons. The first kappa shape index (κ1) is 8.75. The normalized spacial score (nSPS) is 41.7. The molecule has 0 aromatic rings. The molecule has 1 fully saturated rings. The monoisotopic (exact) mass is 183 g/mol. The van der Waals surface area contributed by atoms with E-state index in [9.17, 15) is 0 Å². The van der Waals surface area contributed by atoms with Gasteiger partial charge in [-0.2, -0.15) is 13.6 Å². The van der Waals surface area contributed by atoms with Crippen LogP contribution in [0, 0.1) is 0 Å². The maximum absolute atomic E-state index is 5.35. The summed E-state index contributed by atoms with van der Waals surface area (Å²) in [6.45, 7) is 2.68. The summed E-state index contributed by atoms with van der Waals surface area (Å²) in [5.74, 6) is 0. The minimum atomic E-state index is -2.21. The van der Waals surface area contributed by atoms with E-state index in [0.29, 0.717) is 6.61 Å². The molecule has 0 amide bonds. The van der Waals surface area contributed by atoms with Gasteiger partial charge in [0.1, 0.15) is 12.7 Å². The van der Waals surface area contributed by atoms with Gasteiger partial charge in [-0.3, -0.25) is 0 Å². The summed E-state index contributed by atoms with van der Waals surface area (Å²) in [5.41, 5.74) is 0. The SMILES string of the molecule is CO[P+]1(S)OCCC(C)O1. The number of hydrogen-bond acceptors (Lipinski definition) is 4. The van der Waals surface area contributed by atoms with Gasteiger partial charge in [0.25, 0.3) is 0 Å². The molecule has 1 rings (SSSR count). The van der Waals surface area contributed by atoms with E-state index in [1.165, 1.54) is 0 Å².